The predicted octanol–water partition coefficient (Wildman–Crippen LogP) is 1.09. The quantitative estimate of drug-likeness (QED) is 0.725. The lowest BCUT2D eigenvalue weighted by Crippen LogP contribution is -2.27. The molecule has 0 bridgehead atoms. The third-order valence-corrected chi connectivity index (χ3v) is 3.95. The largest absolute Gasteiger partial charge is 0.356 e. The van der Waals surface area contributed by atoms with Crippen molar-refractivity contribution in [2.24, 2.45) is 11.8 Å². The van der Waals surface area contributed by atoms with Crippen molar-refractivity contribution in [3.8, 4) is 0 Å². The zero-order valence-corrected chi connectivity index (χ0v) is 10.8. The van der Waals surface area contributed by atoms with Crippen LogP contribution in [0.25, 0.3) is 0 Å². The molecule has 4 nitrogen and oxygen atoms in total. The minimum Gasteiger partial charge on any atom is -0.356 e. The summed E-state index contributed by atoms with van der Waals surface area (Å²) < 4.78 is 0. The third kappa shape index (κ3) is 2.02. The van der Waals surface area contributed by atoms with Crippen LogP contribution in [0.4, 0.5) is 5.82 Å². The molecule has 3 heterocycles. The molecule has 2 atom stereocenters. The maximum atomic E-state index is 4.56. The number of aromatic nitrogens is 2. The van der Waals surface area contributed by atoms with Gasteiger partial charge in [0, 0.05) is 37.9 Å². The predicted molar refractivity (Wildman–Crippen MR) is 68.2 cm³/mol. The summed E-state index contributed by atoms with van der Waals surface area (Å²) in [5.41, 5.74) is 1.07. The van der Waals surface area contributed by atoms with Crippen LogP contribution < -0.4 is 4.90 Å². The summed E-state index contributed by atoms with van der Waals surface area (Å²) >= 11 is 0. The molecule has 0 saturated carbocycles. The van der Waals surface area contributed by atoms with Gasteiger partial charge in [-0.1, -0.05) is 0 Å². The maximum Gasteiger partial charge on any atom is 0.132 e. The van der Waals surface area contributed by atoms with Gasteiger partial charge in [-0.15, -0.1) is 0 Å². The van der Waals surface area contributed by atoms with Crippen molar-refractivity contribution >= 4 is 5.82 Å². The van der Waals surface area contributed by atoms with Crippen LogP contribution in [0.5, 0.6) is 0 Å². The monoisotopic (exact) mass is 232 g/mol. The van der Waals surface area contributed by atoms with Gasteiger partial charge in [0.1, 0.15) is 11.6 Å². The van der Waals surface area contributed by atoms with Crippen LogP contribution in [-0.4, -0.2) is 48.1 Å². The van der Waals surface area contributed by atoms with E-state index in [2.05, 4.69) is 32.9 Å². The molecule has 0 spiro atoms. The zero-order chi connectivity index (χ0) is 12.0. The molecule has 1 aromatic rings. The molecule has 4 heteroatoms. The van der Waals surface area contributed by atoms with Gasteiger partial charge >= 0.3 is 0 Å². The van der Waals surface area contributed by atoms with Crippen molar-refractivity contribution in [2.75, 3.05) is 38.1 Å². The summed E-state index contributed by atoms with van der Waals surface area (Å²) in [7, 11) is 2.22. The first-order valence-corrected chi connectivity index (χ1v) is 6.37. The van der Waals surface area contributed by atoms with E-state index in [4.69, 9.17) is 0 Å². The Kier molecular flexibility index (Phi) is 2.54. The van der Waals surface area contributed by atoms with E-state index < -0.39 is 0 Å². The van der Waals surface area contributed by atoms with Crippen molar-refractivity contribution in [3.63, 3.8) is 0 Å². The summed E-state index contributed by atoms with van der Waals surface area (Å²) in [5, 5.41) is 0. The van der Waals surface area contributed by atoms with Crippen LogP contribution >= 0.6 is 0 Å². The minimum atomic E-state index is 0.829. The molecule has 2 unspecified atom stereocenters. The number of likely N-dealkylation sites (tertiary alicyclic amines) is 1. The average molecular weight is 232 g/mol. The Balaban J connectivity index is 1.79. The number of rotatable bonds is 1. The SMILES string of the molecule is Cc1cc(N2CC3CN(C)CC3C2)nc(C)n1. The molecule has 17 heavy (non-hydrogen) atoms. The van der Waals surface area contributed by atoms with Crippen LogP contribution in [0.3, 0.4) is 0 Å². The second kappa shape index (κ2) is 3.95. The fourth-order valence-electron chi connectivity index (χ4n) is 3.27. The highest BCUT2D eigenvalue weighted by Crippen LogP contribution is 2.32. The van der Waals surface area contributed by atoms with Gasteiger partial charge < -0.3 is 9.80 Å². The molecule has 2 fully saturated rings. The van der Waals surface area contributed by atoms with Crippen molar-refractivity contribution in [1.29, 1.82) is 0 Å². The summed E-state index contributed by atoms with van der Waals surface area (Å²) in [5.74, 6) is 3.66. The number of hydrogen-bond acceptors (Lipinski definition) is 4. The molecular formula is C13H20N4. The van der Waals surface area contributed by atoms with Crippen molar-refractivity contribution in [1.82, 2.24) is 14.9 Å². The number of hydrogen-bond donors (Lipinski definition) is 0. The topological polar surface area (TPSA) is 32.3 Å². The summed E-state index contributed by atoms with van der Waals surface area (Å²) in [4.78, 5) is 13.8. The Morgan fingerprint density at radius 3 is 2.29 bits per heavy atom. The van der Waals surface area contributed by atoms with Crippen LogP contribution in [0.2, 0.25) is 0 Å². The molecule has 3 rings (SSSR count). The molecule has 2 aliphatic heterocycles. The van der Waals surface area contributed by atoms with Crippen molar-refractivity contribution in [3.05, 3.63) is 17.6 Å². The first-order chi connectivity index (χ1) is 8.11. The standard InChI is InChI=1S/C13H20N4/c1-9-4-13(15-10(2)14-9)17-7-11-5-16(3)6-12(11)8-17/h4,11-12H,5-8H2,1-3H3. The van der Waals surface area contributed by atoms with Crippen LogP contribution in [0.15, 0.2) is 6.07 Å². The molecule has 0 aromatic carbocycles. The summed E-state index contributed by atoms with van der Waals surface area (Å²) in [6.07, 6.45) is 0. The Morgan fingerprint density at radius 2 is 1.71 bits per heavy atom. The summed E-state index contributed by atoms with van der Waals surface area (Å²) in [6, 6.07) is 2.11. The van der Waals surface area contributed by atoms with E-state index in [1.54, 1.807) is 0 Å². The highest BCUT2D eigenvalue weighted by atomic mass is 15.3. The van der Waals surface area contributed by atoms with Crippen molar-refractivity contribution in [2.45, 2.75) is 13.8 Å². The Bertz CT molecular complexity index is 397. The molecule has 0 radical (unpaired) electrons. The number of nitrogens with zero attached hydrogens (tertiary/aromatic N) is 4. The van der Waals surface area contributed by atoms with E-state index in [0.717, 1.165) is 42.3 Å². The molecule has 0 amide bonds. The van der Waals surface area contributed by atoms with Gasteiger partial charge in [-0.2, -0.15) is 0 Å². The molecule has 2 aliphatic rings. The van der Waals surface area contributed by atoms with E-state index in [1.807, 2.05) is 13.8 Å². The average Bonchev–Trinajstić information content (AvgIpc) is 2.72. The van der Waals surface area contributed by atoms with E-state index in [1.165, 1.54) is 13.1 Å². The van der Waals surface area contributed by atoms with Crippen LogP contribution in [0, 0.1) is 25.7 Å². The Morgan fingerprint density at radius 1 is 1.06 bits per heavy atom. The lowest BCUT2D eigenvalue weighted by atomic mass is 10.0. The first-order valence-electron chi connectivity index (χ1n) is 6.37. The highest BCUT2D eigenvalue weighted by molar-refractivity contribution is 5.41. The van der Waals surface area contributed by atoms with E-state index in [9.17, 15) is 0 Å². The van der Waals surface area contributed by atoms with E-state index >= 15 is 0 Å². The number of aryl methyl sites for hydroxylation is 2. The van der Waals surface area contributed by atoms with Gasteiger partial charge in [-0.05, 0) is 32.7 Å². The van der Waals surface area contributed by atoms with Crippen LogP contribution in [-0.2, 0) is 0 Å². The first kappa shape index (κ1) is 11.0. The van der Waals surface area contributed by atoms with Gasteiger partial charge in [0.05, 0.1) is 0 Å². The molecule has 1 aromatic heterocycles. The lowest BCUT2D eigenvalue weighted by Gasteiger charge is -2.20. The van der Waals surface area contributed by atoms with E-state index in [0.29, 0.717) is 0 Å². The fraction of sp³-hybridized carbons (Fsp3) is 0.692. The van der Waals surface area contributed by atoms with Crippen LogP contribution in [0.1, 0.15) is 11.5 Å². The van der Waals surface area contributed by atoms with Gasteiger partial charge in [-0.25, -0.2) is 9.97 Å². The smallest absolute Gasteiger partial charge is 0.132 e. The van der Waals surface area contributed by atoms with Crippen molar-refractivity contribution < 1.29 is 0 Å². The molecule has 0 aliphatic carbocycles. The minimum absolute atomic E-state index is 0.829. The normalized spacial score (nSPS) is 28.8. The van der Waals surface area contributed by atoms with Gasteiger partial charge in [0.15, 0.2) is 0 Å². The number of anilines is 1. The Labute approximate surface area is 103 Å². The van der Waals surface area contributed by atoms with Gasteiger partial charge in [0.2, 0.25) is 0 Å². The second-order valence-electron chi connectivity index (χ2n) is 5.56. The summed E-state index contributed by atoms with van der Waals surface area (Å²) in [6.45, 7) is 8.81. The molecule has 2 saturated heterocycles. The zero-order valence-electron chi connectivity index (χ0n) is 10.8. The van der Waals surface area contributed by atoms with Gasteiger partial charge in [0.25, 0.3) is 0 Å². The highest BCUT2D eigenvalue weighted by Gasteiger charge is 2.39. The Hall–Kier alpha value is -1.16. The van der Waals surface area contributed by atoms with E-state index in [-0.39, 0.29) is 0 Å². The molecule has 0 N–H and O–H groups in total. The molecular weight excluding hydrogens is 212 g/mol. The fourth-order valence-corrected chi connectivity index (χ4v) is 3.27. The second-order valence-corrected chi connectivity index (χ2v) is 5.56. The van der Waals surface area contributed by atoms with Gasteiger partial charge in [-0.3, -0.25) is 0 Å². The number of fused-ring (bicyclic) bond motifs is 1. The maximum absolute atomic E-state index is 4.56. The third-order valence-electron chi connectivity index (χ3n) is 3.95. The lowest BCUT2D eigenvalue weighted by molar-refractivity contribution is 0.387. The molecule has 92 valence electrons.